The summed E-state index contributed by atoms with van der Waals surface area (Å²) >= 11 is 5.95. The molecule has 21 heavy (non-hydrogen) atoms. The molecule has 3 rings (SSSR count). The molecule has 1 aromatic carbocycles. The summed E-state index contributed by atoms with van der Waals surface area (Å²) in [7, 11) is 0. The van der Waals surface area contributed by atoms with E-state index in [2.05, 4.69) is 28.9 Å². The van der Waals surface area contributed by atoms with Crippen molar-refractivity contribution in [2.75, 3.05) is 31.1 Å². The van der Waals surface area contributed by atoms with Gasteiger partial charge in [0.05, 0.1) is 0 Å². The number of benzene rings is 1. The first-order valence-corrected chi connectivity index (χ1v) is 8.85. The predicted molar refractivity (Wildman–Crippen MR) is 93.4 cm³/mol. The van der Waals surface area contributed by atoms with Gasteiger partial charge in [-0.2, -0.15) is 0 Å². The van der Waals surface area contributed by atoms with Gasteiger partial charge in [-0.05, 0) is 56.0 Å². The molecule has 0 spiro atoms. The highest BCUT2D eigenvalue weighted by atomic mass is 35.5. The van der Waals surface area contributed by atoms with Crippen LogP contribution in [0.25, 0.3) is 0 Å². The molecular weight excluding hydrogens is 280 g/mol. The summed E-state index contributed by atoms with van der Waals surface area (Å²) in [4.78, 5) is 5.20. The number of halogens is 1. The lowest BCUT2D eigenvalue weighted by molar-refractivity contribution is 0.202. The van der Waals surface area contributed by atoms with Gasteiger partial charge >= 0.3 is 0 Å². The van der Waals surface area contributed by atoms with Crippen molar-refractivity contribution in [1.29, 1.82) is 0 Å². The first-order chi connectivity index (χ1) is 10.2. The summed E-state index contributed by atoms with van der Waals surface area (Å²) < 4.78 is 0. The molecule has 2 saturated heterocycles. The second kappa shape index (κ2) is 8.05. The standard InChI is InChI=1S/C16H23ClN2.C2H6/c1-13-6-9-19(12-13)16-7-10-18(11-8-16)15-4-2-14(17)3-5-15;1-2/h2-5,13,16H,6-12H2,1H3;1-2H3. The topological polar surface area (TPSA) is 6.48 Å². The van der Waals surface area contributed by atoms with E-state index in [-0.39, 0.29) is 0 Å². The lowest BCUT2D eigenvalue weighted by Crippen LogP contribution is -2.44. The molecule has 2 heterocycles. The van der Waals surface area contributed by atoms with Gasteiger partial charge in [-0.25, -0.2) is 0 Å². The SMILES string of the molecule is CC.CC1CCN(C2CCN(c3ccc(Cl)cc3)CC2)C1. The largest absolute Gasteiger partial charge is 0.371 e. The van der Waals surface area contributed by atoms with Gasteiger partial charge in [0.2, 0.25) is 0 Å². The minimum Gasteiger partial charge on any atom is -0.371 e. The Labute approximate surface area is 135 Å². The third-order valence-electron chi connectivity index (χ3n) is 4.63. The van der Waals surface area contributed by atoms with Crippen molar-refractivity contribution in [2.24, 2.45) is 5.92 Å². The van der Waals surface area contributed by atoms with E-state index < -0.39 is 0 Å². The Morgan fingerprint density at radius 1 is 0.952 bits per heavy atom. The number of piperidine rings is 1. The van der Waals surface area contributed by atoms with Crippen LogP contribution in [-0.2, 0) is 0 Å². The molecule has 0 saturated carbocycles. The maximum Gasteiger partial charge on any atom is 0.0407 e. The van der Waals surface area contributed by atoms with Crippen molar-refractivity contribution in [3.63, 3.8) is 0 Å². The maximum atomic E-state index is 5.95. The molecule has 2 aliphatic heterocycles. The molecule has 0 N–H and O–H groups in total. The molecule has 0 aliphatic carbocycles. The maximum absolute atomic E-state index is 5.95. The van der Waals surface area contributed by atoms with Crippen LogP contribution in [0, 0.1) is 5.92 Å². The van der Waals surface area contributed by atoms with Gasteiger partial charge in [0.15, 0.2) is 0 Å². The van der Waals surface area contributed by atoms with Gasteiger partial charge in [-0.15, -0.1) is 0 Å². The van der Waals surface area contributed by atoms with Gasteiger partial charge < -0.3 is 4.90 Å². The van der Waals surface area contributed by atoms with Gasteiger partial charge in [0.25, 0.3) is 0 Å². The molecule has 2 nitrogen and oxygen atoms in total. The van der Waals surface area contributed by atoms with E-state index in [4.69, 9.17) is 11.6 Å². The number of rotatable bonds is 2. The van der Waals surface area contributed by atoms with Crippen LogP contribution in [0.3, 0.4) is 0 Å². The Hall–Kier alpha value is -0.730. The van der Waals surface area contributed by atoms with Crippen LogP contribution in [0.15, 0.2) is 24.3 Å². The van der Waals surface area contributed by atoms with Crippen molar-refractivity contribution in [3.05, 3.63) is 29.3 Å². The van der Waals surface area contributed by atoms with Gasteiger partial charge in [0, 0.05) is 36.4 Å². The van der Waals surface area contributed by atoms with Gasteiger partial charge in [-0.1, -0.05) is 32.4 Å². The summed E-state index contributed by atoms with van der Waals surface area (Å²) in [6.45, 7) is 11.4. The first kappa shape index (κ1) is 16.6. The van der Waals surface area contributed by atoms with Crippen molar-refractivity contribution in [1.82, 2.24) is 4.90 Å². The molecule has 1 aromatic rings. The molecule has 1 atom stereocenters. The third-order valence-corrected chi connectivity index (χ3v) is 4.88. The number of likely N-dealkylation sites (tertiary alicyclic amines) is 1. The average molecular weight is 309 g/mol. The lowest BCUT2D eigenvalue weighted by Gasteiger charge is -2.38. The molecule has 0 aromatic heterocycles. The van der Waals surface area contributed by atoms with Crippen molar-refractivity contribution in [2.45, 2.75) is 46.1 Å². The highest BCUT2D eigenvalue weighted by molar-refractivity contribution is 6.30. The Kier molecular flexibility index (Phi) is 6.38. The van der Waals surface area contributed by atoms with Crippen LogP contribution in [0.2, 0.25) is 5.02 Å². The molecular formula is C18H29ClN2. The van der Waals surface area contributed by atoms with E-state index in [0.717, 1.165) is 17.0 Å². The number of nitrogens with zero attached hydrogens (tertiary/aromatic N) is 2. The fraction of sp³-hybridized carbons (Fsp3) is 0.667. The van der Waals surface area contributed by atoms with E-state index >= 15 is 0 Å². The Bertz CT molecular complexity index is 410. The van der Waals surface area contributed by atoms with Crippen LogP contribution < -0.4 is 4.90 Å². The molecule has 118 valence electrons. The van der Waals surface area contributed by atoms with Crippen molar-refractivity contribution in [3.8, 4) is 0 Å². The monoisotopic (exact) mass is 308 g/mol. The van der Waals surface area contributed by atoms with E-state index in [9.17, 15) is 0 Å². The normalized spacial score (nSPS) is 23.8. The minimum atomic E-state index is 0.813. The summed E-state index contributed by atoms with van der Waals surface area (Å²) in [5, 5.41) is 0.824. The zero-order chi connectivity index (χ0) is 15.2. The molecule has 2 fully saturated rings. The Morgan fingerprint density at radius 3 is 2.10 bits per heavy atom. The summed E-state index contributed by atoms with van der Waals surface area (Å²) in [6, 6.07) is 9.07. The fourth-order valence-corrected chi connectivity index (χ4v) is 3.57. The smallest absolute Gasteiger partial charge is 0.0407 e. The zero-order valence-corrected chi connectivity index (χ0v) is 14.4. The Morgan fingerprint density at radius 2 is 1.57 bits per heavy atom. The molecule has 2 aliphatic rings. The molecule has 0 amide bonds. The van der Waals surface area contributed by atoms with E-state index in [1.54, 1.807) is 0 Å². The molecule has 3 heteroatoms. The second-order valence-electron chi connectivity index (χ2n) is 6.08. The van der Waals surface area contributed by atoms with E-state index in [0.29, 0.717) is 0 Å². The van der Waals surface area contributed by atoms with Crippen LogP contribution in [0.4, 0.5) is 5.69 Å². The van der Waals surface area contributed by atoms with Crippen LogP contribution >= 0.6 is 11.6 Å². The second-order valence-corrected chi connectivity index (χ2v) is 6.52. The molecule has 0 radical (unpaired) electrons. The zero-order valence-electron chi connectivity index (χ0n) is 13.7. The van der Waals surface area contributed by atoms with Crippen molar-refractivity contribution >= 4 is 17.3 Å². The highest BCUT2D eigenvalue weighted by Crippen LogP contribution is 2.27. The number of hydrogen-bond acceptors (Lipinski definition) is 2. The number of hydrogen-bond donors (Lipinski definition) is 0. The number of anilines is 1. The summed E-state index contributed by atoms with van der Waals surface area (Å²) in [5.74, 6) is 0.897. The van der Waals surface area contributed by atoms with Crippen LogP contribution in [0.5, 0.6) is 0 Å². The van der Waals surface area contributed by atoms with Gasteiger partial charge in [0.1, 0.15) is 0 Å². The Balaban J connectivity index is 0.000000774. The fourth-order valence-electron chi connectivity index (χ4n) is 3.44. The first-order valence-electron chi connectivity index (χ1n) is 8.47. The highest BCUT2D eigenvalue weighted by Gasteiger charge is 2.28. The lowest BCUT2D eigenvalue weighted by atomic mass is 10.0. The van der Waals surface area contributed by atoms with Crippen molar-refractivity contribution < 1.29 is 0 Å². The molecule has 0 bridgehead atoms. The minimum absolute atomic E-state index is 0.813. The van der Waals surface area contributed by atoms with Crippen LogP contribution in [-0.4, -0.2) is 37.1 Å². The van der Waals surface area contributed by atoms with E-state index in [1.165, 1.54) is 51.1 Å². The van der Waals surface area contributed by atoms with Crippen LogP contribution in [0.1, 0.15) is 40.0 Å². The summed E-state index contributed by atoms with van der Waals surface area (Å²) in [5.41, 5.74) is 1.32. The predicted octanol–water partition coefficient (Wildman–Crippen LogP) is 4.68. The quantitative estimate of drug-likeness (QED) is 0.783. The average Bonchev–Trinajstić information content (AvgIpc) is 2.97. The van der Waals surface area contributed by atoms with Gasteiger partial charge in [-0.3, -0.25) is 4.90 Å². The molecule has 1 unspecified atom stereocenters. The third kappa shape index (κ3) is 4.37. The summed E-state index contributed by atoms with van der Waals surface area (Å²) in [6.07, 6.45) is 3.99. The van der Waals surface area contributed by atoms with E-state index in [1.807, 2.05) is 26.0 Å².